The Balaban J connectivity index is 1.88. The molecule has 4 heteroatoms. The zero-order valence-corrected chi connectivity index (χ0v) is 12.0. The molecule has 0 bridgehead atoms. The Morgan fingerprint density at radius 3 is 2.60 bits per heavy atom. The fraction of sp³-hybridized carbons (Fsp3) is 0.562. The first-order chi connectivity index (χ1) is 9.61. The molecule has 1 heterocycles. The molecule has 1 aromatic rings. The van der Waals surface area contributed by atoms with Gasteiger partial charge in [0.05, 0.1) is 5.92 Å². The fourth-order valence-corrected chi connectivity index (χ4v) is 2.59. The number of carboxylic acids is 1. The smallest absolute Gasteiger partial charge is 0.312 e. The van der Waals surface area contributed by atoms with Crippen LogP contribution in [0.3, 0.4) is 0 Å². The third-order valence-corrected chi connectivity index (χ3v) is 4.10. The van der Waals surface area contributed by atoms with Crippen molar-refractivity contribution >= 4 is 5.97 Å². The second-order valence-corrected chi connectivity index (χ2v) is 5.86. The van der Waals surface area contributed by atoms with Gasteiger partial charge in [-0.25, -0.2) is 0 Å². The third kappa shape index (κ3) is 4.05. The van der Waals surface area contributed by atoms with Gasteiger partial charge >= 0.3 is 5.97 Å². The number of carbonyl (C=O) groups is 1. The minimum absolute atomic E-state index is 0.220. The molecular weight excluding hydrogens is 254 g/mol. The fourth-order valence-electron chi connectivity index (χ4n) is 2.59. The summed E-state index contributed by atoms with van der Waals surface area (Å²) in [5, 5.41) is 12.7. The first-order valence-electron chi connectivity index (χ1n) is 7.17. The zero-order valence-electron chi connectivity index (χ0n) is 12.0. The zero-order chi connectivity index (χ0) is 14.4. The average molecular weight is 277 g/mol. The van der Waals surface area contributed by atoms with Gasteiger partial charge in [0.15, 0.2) is 0 Å². The van der Waals surface area contributed by atoms with Crippen molar-refractivity contribution in [3.63, 3.8) is 0 Å². The van der Waals surface area contributed by atoms with E-state index in [1.165, 1.54) is 0 Å². The van der Waals surface area contributed by atoms with E-state index in [4.69, 9.17) is 4.74 Å². The van der Waals surface area contributed by atoms with E-state index in [0.717, 1.165) is 38.2 Å². The lowest BCUT2D eigenvalue weighted by Crippen LogP contribution is -2.39. The van der Waals surface area contributed by atoms with E-state index >= 15 is 0 Å². The lowest BCUT2D eigenvalue weighted by molar-refractivity contribution is -0.138. The summed E-state index contributed by atoms with van der Waals surface area (Å²) in [6, 6.07) is 9.41. The van der Waals surface area contributed by atoms with Gasteiger partial charge in [-0.05, 0) is 23.8 Å². The number of carboxylic acid groups (broad SMARTS) is 1. The second-order valence-electron chi connectivity index (χ2n) is 5.86. The molecule has 0 amide bonds. The number of aliphatic carboxylic acids is 1. The Morgan fingerprint density at radius 1 is 1.35 bits per heavy atom. The van der Waals surface area contributed by atoms with Crippen LogP contribution in [0.4, 0.5) is 0 Å². The maximum absolute atomic E-state index is 11.4. The van der Waals surface area contributed by atoms with E-state index < -0.39 is 11.9 Å². The Hall–Kier alpha value is -1.39. The lowest BCUT2D eigenvalue weighted by atomic mass is 9.82. The van der Waals surface area contributed by atoms with Crippen LogP contribution >= 0.6 is 0 Å². The molecule has 1 saturated heterocycles. The van der Waals surface area contributed by atoms with Gasteiger partial charge in [-0.2, -0.15) is 0 Å². The number of benzene rings is 1. The second kappa shape index (κ2) is 6.86. The van der Waals surface area contributed by atoms with E-state index in [9.17, 15) is 9.90 Å². The SMILES string of the molecule is CC1(CNCC(C(=O)O)c2ccccc2)CCOCC1. The summed E-state index contributed by atoms with van der Waals surface area (Å²) in [5.74, 6) is -1.26. The van der Waals surface area contributed by atoms with Crippen LogP contribution in [0.2, 0.25) is 0 Å². The number of nitrogens with one attached hydrogen (secondary N) is 1. The molecule has 1 fully saturated rings. The van der Waals surface area contributed by atoms with Crippen molar-refractivity contribution in [1.29, 1.82) is 0 Å². The number of hydrogen-bond acceptors (Lipinski definition) is 3. The summed E-state index contributed by atoms with van der Waals surface area (Å²) >= 11 is 0. The molecule has 20 heavy (non-hydrogen) atoms. The third-order valence-electron chi connectivity index (χ3n) is 4.10. The van der Waals surface area contributed by atoms with Gasteiger partial charge < -0.3 is 15.2 Å². The molecule has 1 unspecified atom stereocenters. The van der Waals surface area contributed by atoms with Gasteiger partial charge in [0.1, 0.15) is 0 Å². The van der Waals surface area contributed by atoms with Crippen LogP contribution < -0.4 is 5.32 Å². The van der Waals surface area contributed by atoms with Crippen molar-refractivity contribution in [3.05, 3.63) is 35.9 Å². The van der Waals surface area contributed by atoms with Gasteiger partial charge in [0.25, 0.3) is 0 Å². The Kier molecular flexibility index (Phi) is 5.15. The predicted molar refractivity (Wildman–Crippen MR) is 77.8 cm³/mol. The van der Waals surface area contributed by atoms with E-state index in [1.807, 2.05) is 30.3 Å². The molecule has 0 aromatic heterocycles. The molecule has 1 aliphatic heterocycles. The van der Waals surface area contributed by atoms with E-state index in [-0.39, 0.29) is 5.41 Å². The van der Waals surface area contributed by atoms with Crippen LogP contribution in [0.25, 0.3) is 0 Å². The molecule has 0 saturated carbocycles. The molecular formula is C16H23NO3. The molecule has 1 atom stereocenters. The minimum Gasteiger partial charge on any atom is -0.481 e. The Labute approximate surface area is 120 Å². The van der Waals surface area contributed by atoms with Gasteiger partial charge in [-0.15, -0.1) is 0 Å². The summed E-state index contributed by atoms with van der Waals surface area (Å²) in [6.07, 6.45) is 2.06. The van der Waals surface area contributed by atoms with Crippen molar-refractivity contribution in [3.8, 4) is 0 Å². The van der Waals surface area contributed by atoms with Crippen molar-refractivity contribution in [1.82, 2.24) is 5.32 Å². The molecule has 0 radical (unpaired) electrons. The predicted octanol–water partition coefficient (Wildman–Crippen LogP) is 2.26. The normalized spacial score (nSPS) is 19.4. The first-order valence-corrected chi connectivity index (χ1v) is 7.17. The van der Waals surface area contributed by atoms with Crippen LogP contribution in [0.1, 0.15) is 31.2 Å². The Bertz CT molecular complexity index is 427. The molecule has 2 rings (SSSR count). The van der Waals surface area contributed by atoms with Crippen LogP contribution in [0, 0.1) is 5.41 Å². The highest BCUT2D eigenvalue weighted by atomic mass is 16.5. The molecule has 2 N–H and O–H groups in total. The quantitative estimate of drug-likeness (QED) is 0.837. The van der Waals surface area contributed by atoms with Gasteiger partial charge in [-0.1, -0.05) is 37.3 Å². The van der Waals surface area contributed by atoms with Crippen molar-refractivity contribution in [2.45, 2.75) is 25.7 Å². The van der Waals surface area contributed by atoms with Crippen molar-refractivity contribution in [2.24, 2.45) is 5.41 Å². The monoisotopic (exact) mass is 277 g/mol. The molecule has 1 aliphatic rings. The van der Waals surface area contributed by atoms with E-state index in [1.54, 1.807) is 0 Å². The maximum atomic E-state index is 11.4. The molecule has 4 nitrogen and oxygen atoms in total. The highest BCUT2D eigenvalue weighted by Gasteiger charge is 2.28. The average Bonchev–Trinajstić information content (AvgIpc) is 2.45. The van der Waals surface area contributed by atoms with Crippen LogP contribution in [-0.4, -0.2) is 37.4 Å². The highest BCUT2D eigenvalue weighted by molar-refractivity contribution is 5.76. The van der Waals surface area contributed by atoms with Crippen LogP contribution in [0.5, 0.6) is 0 Å². The van der Waals surface area contributed by atoms with Gasteiger partial charge in [0, 0.05) is 26.3 Å². The summed E-state index contributed by atoms with van der Waals surface area (Å²) in [4.78, 5) is 11.4. The molecule has 0 aliphatic carbocycles. The number of rotatable bonds is 6. The molecule has 1 aromatic carbocycles. The highest BCUT2D eigenvalue weighted by Crippen LogP contribution is 2.28. The summed E-state index contributed by atoms with van der Waals surface area (Å²) in [7, 11) is 0. The standard InChI is InChI=1S/C16H23NO3/c1-16(7-9-20-10-8-16)12-17-11-14(15(18)19)13-5-3-2-4-6-13/h2-6,14,17H,7-12H2,1H3,(H,18,19). The summed E-state index contributed by atoms with van der Waals surface area (Å²) in [6.45, 7) is 5.15. The van der Waals surface area contributed by atoms with E-state index in [0.29, 0.717) is 6.54 Å². The number of hydrogen-bond donors (Lipinski definition) is 2. The van der Waals surface area contributed by atoms with E-state index in [2.05, 4.69) is 12.2 Å². The minimum atomic E-state index is -0.777. The Morgan fingerprint density at radius 2 is 2.00 bits per heavy atom. The summed E-state index contributed by atoms with van der Waals surface area (Å²) in [5.41, 5.74) is 1.07. The largest absolute Gasteiger partial charge is 0.481 e. The first kappa shape index (κ1) is 15.0. The van der Waals surface area contributed by atoms with Crippen molar-refractivity contribution in [2.75, 3.05) is 26.3 Å². The topological polar surface area (TPSA) is 58.6 Å². The van der Waals surface area contributed by atoms with Crippen LogP contribution in [0.15, 0.2) is 30.3 Å². The maximum Gasteiger partial charge on any atom is 0.312 e. The molecule has 0 spiro atoms. The van der Waals surface area contributed by atoms with Gasteiger partial charge in [-0.3, -0.25) is 4.79 Å². The number of ether oxygens (including phenoxy) is 1. The van der Waals surface area contributed by atoms with Gasteiger partial charge in [0.2, 0.25) is 0 Å². The molecule has 110 valence electrons. The van der Waals surface area contributed by atoms with Crippen molar-refractivity contribution < 1.29 is 14.6 Å². The summed E-state index contributed by atoms with van der Waals surface area (Å²) < 4.78 is 5.38. The lowest BCUT2D eigenvalue weighted by Gasteiger charge is -2.34. The van der Waals surface area contributed by atoms with Crippen LogP contribution in [-0.2, 0) is 9.53 Å².